The molecular formula is C10H14N2O. The average Bonchev–Trinajstić information content (AvgIpc) is 2.09. The Labute approximate surface area is 78.3 Å². The highest BCUT2D eigenvalue weighted by molar-refractivity contribution is 5.53. The van der Waals surface area contributed by atoms with Gasteiger partial charge in [0.05, 0.1) is 18.0 Å². The number of aromatic nitrogens is 1. The van der Waals surface area contributed by atoms with E-state index >= 15 is 0 Å². The highest BCUT2D eigenvalue weighted by Crippen LogP contribution is 2.24. The van der Waals surface area contributed by atoms with Crippen LogP contribution in [0.25, 0.3) is 0 Å². The van der Waals surface area contributed by atoms with Crippen LogP contribution in [0, 0.1) is 13.8 Å². The second-order valence-electron chi connectivity index (χ2n) is 3.53. The fourth-order valence-electron chi connectivity index (χ4n) is 1.53. The minimum atomic E-state index is 0.640. The molecule has 3 nitrogen and oxygen atoms in total. The highest BCUT2D eigenvalue weighted by Gasteiger charge is 2.15. The Morgan fingerprint density at radius 2 is 2.23 bits per heavy atom. The van der Waals surface area contributed by atoms with Gasteiger partial charge in [-0.2, -0.15) is 0 Å². The van der Waals surface area contributed by atoms with Gasteiger partial charge in [-0.3, -0.25) is 4.98 Å². The van der Waals surface area contributed by atoms with Crippen LogP contribution in [0.4, 0.5) is 5.69 Å². The van der Waals surface area contributed by atoms with E-state index in [1.165, 1.54) is 11.3 Å². The van der Waals surface area contributed by atoms with Crippen molar-refractivity contribution in [3.63, 3.8) is 0 Å². The van der Waals surface area contributed by atoms with E-state index in [0.717, 1.165) is 11.4 Å². The van der Waals surface area contributed by atoms with Gasteiger partial charge in [0.25, 0.3) is 0 Å². The zero-order chi connectivity index (χ0) is 9.42. The van der Waals surface area contributed by atoms with Gasteiger partial charge in [0.1, 0.15) is 6.73 Å². The zero-order valence-corrected chi connectivity index (χ0v) is 8.29. The fourth-order valence-corrected chi connectivity index (χ4v) is 1.53. The molecule has 0 aliphatic carbocycles. The van der Waals surface area contributed by atoms with Gasteiger partial charge >= 0.3 is 0 Å². The van der Waals surface area contributed by atoms with Gasteiger partial charge < -0.3 is 9.64 Å². The molecule has 0 atom stereocenters. The van der Waals surface area contributed by atoms with Gasteiger partial charge in [-0.05, 0) is 25.5 Å². The molecule has 1 aliphatic rings. The van der Waals surface area contributed by atoms with E-state index in [-0.39, 0.29) is 0 Å². The molecule has 2 rings (SSSR count). The van der Waals surface area contributed by atoms with Crippen LogP contribution < -0.4 is 4.90 Å². The molecule has 0 saturated heterocycles. The first-order valence-corrected chi connectivity index (χ1v) is 4.44. The first-order chi connectivity index (χ1) is 6.18. The van der Waals surface area contributed by atoms with Crippen molar-refractivity contribution in [2.45, 2.75) is 20.5 Å². The lowest BCUT2D eigenvalue weighted by atomic mass is 10.1. The van der Waals surface area contributed by atoms with Crippen molar-refractivity contribution in [1.82, 2.24) is 4.98 Å². The molecule has 0 N–H and O–H groups in total. The summed E-state index contributed by atoms with van der Waals surface area (Å²) in [7, 11) is 2.02. The van der Waals surface area contributed by atoms with Crippen molar-refractivity contribution in [3.05, 3.63) is 23.0 Å². The van der Waals surface area contributed by atoms with E-state index in [2.05, 4.69) is 22.9 Å². The largest absolute Gasteiger partial charge is 0.355 e. The van der Waals surface area contributed by atoms with Gasteiger partial charge in [-0.1, -0.05) is 0 Å². The number of pyridine rings is 1. The highest BCUT2D eigenvalue weighted by atomic mass is 16.5. The molecule has 0 fully saturated rings. The maximum absolute atomic E-state index is 5.37. The van der Waals surface area contributed by atoms with Crippen LogP contribution in [0.15, 0.2) is 6.07 Å². The Morgan fingerprint density at radius 3 is 3.00 bits per heavy atom. The Kier molecular flexibility index (Phi) is 1.96. The lowest BCUT2D eigenvalue weighted by Crippen LogP contribution is -2.27. The first-order valence-electron chi connectivity index (χ1n) is 4.44. The Balaban J connectivity index is 2.52. The van der Waals surface area contributed by atoms with Crippen LogP contribution in [0.2, 0.25) is 0 Å². The minimum Gasteiger partial charge on any atom is -0.355 e. The van der Waals surface area contributed by atoms with Crippen molar-refractivity contribution in [2.24, 2.45) is 0 Å². The van der Waals surface area contributed by atoms with E-state index in [1.807, 2.05) is 14.0 Å². The molecule has 2 heterocycles. The molecule has 3 heteroatoms. The Morgan fingerprint density at radius 1 is 1.46 bits per heavy atom. The van der Waals surface area contributed by atoms with E-state index in [0.29, 0.717) is 13.3 Å². The van der Waals surface area contributed by atoms with Crippen molar-refractivity contribution >= 4 is 5.69 Å². The summed E-state index contributed by atoms with van der Waals surface area (Å²) in [5, 5.41) is 0. The third kappa shape index (κ3) is 1.40. The number of aryl methyl sites for hydroxylation is 2. The molecule has 0 amide bonds. The quantitative estimate of drug-likeness (QED) is 0.603. The SMILES string of the molecule is Cc1cc2c(nc1C)COCN2C. The summed E-state index contributed by atoms with van der Waals surface area (Å²) in [5.41, 5.74) is 4.59. The van der Waals surface area contributed by atoms with E-state index in [1.54, 1.807) is 0 Å². The number of nitrogens with zero attached hydrogens (tertiary/aromatic N) is 2. The second kappa shape index (κ2) is 3.00. The number of rotatable bonds is 0. The van der Waals surface area contributed by atoms with Crippen molar-refractivity contribution in [2.75, 3.05) is 18.7 Å². The topological polar surface area (TPSA) is 25.4 Å². The predicted octanol–water partition coefficient (Wildman–Crippen LogP) is 1.62. The predicted molar refractivity (Wildman–Crippen MR) is 51.8 cm³/mol. The molecule has 1 aliphatic heterocycles. The summed E-state index contributed by atoms with van der Waals surface area (Å²) in [6, 6.07) is 2.18. The summed E-state index contributed by atoms with van der Waals surface area (Å²) in [6.45, 7) is 5.42. The first kappa shape index (κ1) is 8.51. The van der Waals surface area contributed by atoms with Gasteiger partial charge in [0, 0.05) is 12.7 Å². The summed E-state index contributed by atoms with van der Waals surface area (Å²) in [4.78, 5) is 6.58. The molecule has 1 aromatic rings. The number of hydrogen-bond acceptors (Lipinski definition) is 3. The summed E-state index contributed by atoms with van der Waals surface area (Å²) in [6.07, 6.45) is 0. The zero-order valence-electron chi connectivity index (χ0n) is 8.29. The van der Waals surface area contributed by atoms with Gasteiger partial charge in [-0.15, -0.1) is 0 Å². The van der Waals surface area contributed by atoms with Crippen molar-refractivity contribution in [1.29, 1.82) is 0 Å². The van der Waals surface area contributed by atoms with Crippen molar-refractivity contribution < 1.29 is 4.74 Å². The van der Waals surface area contributed by atoms with Gasteiger partial charge in [0.2, 0.25) is 0 Å². The average molecular weight is 178 g/mol. The van der Waals surface area contributed by atoms with Crippen LogP contribution >= 0.6 is 0 Å². The van der Waals surface area contributed by atoms with Crippen LogP contribution in [-0.4, -0.2) is 18.8 Å². The molecule has 70 valence electrons. The second-order valence-corrected chi connectivity index (χ2v) is 3.53. The van der Waals surface area contributed by atoms with Crippen LogP contribution in [0.5, 0.6) is 0 Å². The van der Waals surface area contributed by atoms with Crippen LogP contribution in [0.3, 0.4) is 0 Å². The summed E-state index contributed by atoms with van der Waals surface area (Å²) >= 11 is 0. The summed E-state index contributed by atoms with van der Waals surface area (Å²) < 4.78 is 5.37. The molecule has 0 radical (unpaired) electrons. The number of fused-ring (bicyclic) bond motifs is 1. The van der Waals surface area contributed by atoms with E-state index < -0.39 is 0 Å². The van der Waals surface area contributed by atoms with Crippen molar-refractivity contribution in [3.8, 4) is 0 Å². The van der Waals surface area contributed by atoms with E-state index in [9.17, 15) is 0 Å². The normalized spacial score (nSPS) is 15.8. The lowest BCUT2D eigenvalue weighted by molar-refractivity contribution is 0.110. The third-order valence-corrected chi connectivity index (χ3v) is 2.46. The molecule has 0 spiro atoms. The van der Waals surface area contributed by atoms with Crippen LogP contribution in [-0.2, 0) is 11.3 Å². The van der Waals surface area contributed by atoms with Gasteiger partial charge in [0.15, 0.2) is 0 Å². The molecule has 0 aromatic carbocycles. The molecular weight excluding hydrogens is 164 g/mol. The Bertz CT molecular complexity index is 336. The molecule has 0 unspecified atom stereocenters. The van der Waals surface area contributed by atoms with Gasteiger partial charge in [-0.25, -0.2) is 0 Å². The molecule has 1 aromatic heterocycles. The van der Waals surface area contributed by atoms with Crippen LogP contribution in [0.1, 0.15) is 17.0 Å². The fraction of sp³-hybridized carbons (Fsp3) is 0.500. The number of anilines is 1. The summed E-state index contributed by atoms with van der Waals surface area (Å²) in [5.74, 6) is 0. The minimum absolute atomic E-state index is 0.640. The number of hydrogen-bond donors (Lipinski definition) is 0. The maximum Gasteiger partial charge on any atom is 0.119 e. The smallest absolute Gasteiger partial charge is 0.119 e. The lowest BCUT2D eigenvalue weighted by Gasteiger charge is -2.27. The molecule has 0 saturated carbocycles. The molecule has 13 heavy (non-hydrogen) atoms. The monoisotopic (exact) mass is 178 g/mol. The number of ether oxygens (including phenoxy) is 1. The maximum atomic E-state index is 5.37. The molecule has 0 bridgehead atoms. The third-order valence-electron chi connectivity index (χ3n) is 2.46. The van der Waals surface area contributed by atoms with E-state index in [4.69, 9.17) is 4.74 Å². The standard InChI is InChI=1S/C10H14N2O/c1-7-4-10-9(11-8(7)2)5-13-6-12(10)3/h4H,5-6H2,1-3H3. The Hall–Kier alpha value is -1.09.